The zero-order chi connectivity index (χ0) is 10.3. The van der Waals surface area contributed by atoms with E-state index >= 15 is 0 Å². The van der Waals surface area contributed by atoms with Crippen LogP contribution < -0.4 is 5.73 Å². The third-order valence-corrected chi connectivity index (χ3v) is 3.91. The Bertz CT molecular complexity index is 363. The summed E-state index contributed by atoms with van der Waals surface area (Å²) in [7, 11) is 0. The van der Waals surface area contributed by atoms with E-state index in [1.807, 2.05) is 18.2 Å². The van der Waals surface area contributed by atoms with Gasteiger partial charge in [0.1, 0.15) is 0 Å². The van der Waals surface area contributed by atoms with E-state index in [1.165, 1.54) is 0 Å². The van der Waals surface area contributed by atoms with Gasteiger partial charge in [0.2, 0.25) is 0 Å². The highest BCUT2D eigenvalue weighted by molar-refractivity contribution is 9.10. The van der Waals surface area contributed by atoms with Gasteiger partial charge in [0, 0.05) is 10.0 Å². The van der Waals surface area contributed by atoms with Crippen LogP contribution in [0.3, 0.4) is 0 Å². The molecular formula is C10H11BrClNO. The lowest BCUT2D eigenvalue weighted by Crippen LogP contribution is -2.51. The normalized spacial score (nSPS) is 31.3. The molecule has 0 saturated heterocycles. The van der Waals surface area contributed by atoms with Gasteiger partial charge in [0.15, 0.2) is 0 Å². The van der Waals surface area contributed by atoms with Crippen molar-refractivity contribution in [1.82, 2.24) is 0 Å². The number of hydrogen-bond donors (Lipinski definition) is 2. The van der Waals surface area contributed by atoms with Crippen LogP contribution in [0, 0.1) is 0 Å². The van der Waals surface area contributed by atoms with Gasteiger partial charge in [-0.2, -0.15) is 0 Å². The highest BCUT2D eigenvalue weighted by Crippen LogP contribution is 2.40. The van der Waals surface area contributed by atoms with Crippen LogP contribution >= 0.6 is 27.5 Å². The van der Waals surface area contributed by atoms with E-state index in [2.05, 4.69) is 15.9 Å². The topological polar surface area (TPSA) is 46.2 Å². The molecule has 2 nitrogen and oxygen atoms in total. The maximum Gasteiger partial charge on any atom is 0.0582 e. The number of rotatable bonds is 1. The van der Waals surface area contributed by atoms with Gasteiger partial charge >= 0.3 is 0 Å². The number of benzene rings is 1. The molecular weight excluding hydrogens is 265 g/mol. The molecule has 2 rings (SSSR count). The highest BCUT2D eigenvalue weighted by atomic mass is 79.9. The lowest BCUT2D eigenvalue weighted by Gasteiger charge is -2.42. The van der Waals surface area contributed by atoms with Gasteiger partial charge in [-0.25, -0.2) is 0 Å². The summed E-state index contributed by atoms with van der Waals surface area (Å²) >= 11 is 9.24. The molecule has 14 heavy (non-hydrogen) atoms. The van der Waals surface area contributed by atoms with Gasteiger partial charge < -0.3 is 10.8 Å². The van der Waals surface area contributed by atoms with Crippen molar-refractivity contribution >= 4 is 27.5 Å². The second-order valence-corrected chi connectivity index (χ2v) is 5.11. The first kappa shape index (κ1) is 10.4. The van der Waals surface area contributed by atoms with Gasteiger partial charge in [-0.15, -0.1) is 0 Å². The summed E-state index contributed by atoms with van der Waals surface area (Å²) in [6.45, 7) is 0. The number of aliphatic hydroxyl groups excluding tert-OH is 1. The lowest BCUT2D eigenvalue weighted by atomic mass is 9.71. The van der Waals surface area contributed by atoms with E-state index in [9.17, 15) is 5.11 Å². The average molecular weight is 277 g/mol. The Balaban J connectivity index is 2.29. The third kappa shape index (κ3) is 1.70. The number of nitrogens with two attached hydrogens (primary N) is 1. The molecule has 4 heteroatoms. The van der Waals surface area contributed by atoms with E-state index in [4.69, 9.17) is 17.3 Å². The molecule has 76 valence electrons. The standard InChI is InChI=1S/C10H11BrClNO/c11-8-3-6(1-2-9(8)12)10(13)4-7(14)5-10/h1-3,7,14H,4-5,13H2. The molecule has 0 spiro atoms. The van der Waals surface area contributed by atoms with Crippen molar-refractivity contribution in [3.63, 3.8) is 0 Å². The predicted octanol–water partition coefficient (Wildman–Crippen LogP) is 2.41. The van der Waals surface area contributed by atoms with Crippen molar-refractivity contribution < 1.29 is 5.11 Å². The van der Waals surface area contributed by atoms with E-state index in [-0.39, 0.29) is 11.6 Å². The minimum atomic E-state index is -0.369. The van der Waals surface area contributed by atoms with Crippen molar-refractivity contribution in [3.05, 3.63) is 33.3 Å². The molecule has 0 aliphatic heterocycles. The highest BCUT2D eigenvalue weighted by Gasteiger charge is 2.41. The quantitative estimate of drug-likeness (QED) is 0.827. The second-order valence-electron chi connectivity index (χ2n) is 3.85. The molecule has 0 bridgehead atoms. The van der Waals surface area contributed by atoms with Crippen molar-refractivity contribution in [2.75, 3.05) is 0 Å². The first-order valence-electron chi connectivity index (χ1n) is 4.44. The van der Waals surface area contributed by atoms with E-state index < -0.39 is 0 Å². The van der Waals surface area contributed by atoms with Crippen molar-refractivity contribution in [2.45, 2.75) is 24.5 Å². The van der Waals surface area contributed by atoms with Crippen LogP contribution in [0.15, 0.2) is 22.7 Å². The molecule has 1 aromatic rings. The molecule has 1 saturated carbocycles. The molecule has 1 aliphatic rings. The first-order chi connectivity index (χ1) is 6.51. The Morgan fingerprint density at radius 2 is 2.14 bits per heavy atom. The van der Waals surface area contributed by atoms with E-state index in [1.54, 1.807) is 0 Å². The fraction of sp³-hybridized carbons (Fsp3) is 0.400. The molecule has 3 N–H and O–H groups in total. The van der Waals surface area contributed by atoms with Gasteiger partial charge in [0.05, 0.1) is 11.1 Å². The Kier molecular flexibility index (Phi) is 2.60. The fourth-order valence-electron chi connectivity index (χ4n) is 1.82. The van der Waals surface area contributed by atoms with Gasteiger partial charge in [0.25, 0.3) is 0 Å². The second kappa shape index (κ2) is 3.49. The monoisotopic (exact) mass is 275 g/mol. The molecule has 0 atom stereocenters. The van der Waals surface area contributed by atoms with Crippen LogP contribution in [0.2, 0.25) is 5.02 Å². The summed E-state index contributed by atoms with van der Waals surface area (Å²) in [5.41, 5.74) is 6.77. The Morgan fingerprint density at radius 3 is 2.64 bits per heavy atom. The van der Waals surface area contributed by atoms with E-state index in [0.717, 1.165) is 10.0 Å². The summed E-state index contributed by atoms with van der Waals surface area (Å²) in [5.74, 6) is 0. The fourth-order valence-corrected chi connectivity index (χ4v) is 2.32. The molecule has 0 unspecified atom stereocenters. The molecule has 0 amide bonds. The van der Waals surface area contributed by atoms with Gasteiger partial charge in [-0.1, -0.05) is 17.7 Å². The summed E-state index contributed by atoms with van der Waals surface area (Å²) in [6.07, 6.45) is 0.997. The minimum absolute atomic E-state index is 0.255. The zero-order valence-electron chi connectivity index (χ0n) is 7.50. The van der Waals surface area contributed by atoms with Gasteiger partial charge in [-0.3, -0.25) is 0 Å². The van der Waals surface area contributed by atoms with Crippen LogP contribution in [0.1, 0.15) is 18.4 Å². The largest absolute Gasteiger partial charge is 0.393 e. The SMILES string of the molecule is NC1(c2ccc(Cl)c(Br)c2)CC(O)C1. The molecule has 0 heterocycles. The molecule has 1 aliphatic carbocycles. The number of hydrogen-bond acceptors (Lipinski definition) is 2. The molecule has 1 aromatic carbocycles. The van der Waals surface area contributed by atoms with Crippen LogP contribution in [-0.4, -0.2) is 11.2 Å². The maximum absolute atomic E-state index is 9.25. The Labute approximate surface area is 96.2 Å². The minimum Gasteiger partial charge on any atom is -0.393 e. The molecule has 0 radical (unpaired) electrons. The Morgan fingerprint density at radius 1 is 1.50 bits per heavy atom. The van der Waals surface area contributed by atoms with Crippen molar-refractivity contribution in [1.29, 1.82) is 0 Å². The van der Waals surface area contributed by atoms with Crippen LogP contribution in [-0.2, 0) is 5.54 Å². The average Bonchev–Trinajstić information content (AvgIpc) is 2.07. The summed E-state index contributed by atoms with van der Waals surface area (Å²) in [4.78, 5) is 0. The Hall–Kier alpha value is -0.0900. The lowest BCUT2D eigenvalue weighted by molar-refractivity contribution is 0.0209. The maximum atomic E-state index is 9.25. The molecule has 0 aromatic heterocycles. The van der Waals surface area contributed by atoms with Crippen LogP contribution in [0.5, 0.6) is 0 Å². The smallest absolute Gasteiger partial charge is 0.0582 e. The summed E-state index contributed by atoms with van der Waals surface area (Å²) in [6, 6.07) is 5.66. The van der Waals surface area contributed by atoms with Crippen molar-refractivity contribution in [2.24, 2.45) is 5.73 Å². The van der Waals surface area contributed by atoms with Crippen LogP contribution in [0.4, 0.5) is 0 Å². The first-order valence-corrected chi connectivity index (χ1v) is 5.61. The number of aliphatic hydroxyl groups is 1. The van der Waals surface area contributed by atoms with Crippen LogP contribution in [0.25, 0.3) is 0 Å². The van der Waals surface area contributed by atoms with Gasteiger partial charge in [-0.05, 0) is 46.5 Å². The van der Waals surface area contributed by atoms with Crippen molar-refractivity contribution in [3.8, 4) is 0 Å². The summed E-state index contributed by atoms with van der Waals surface area (Å²) in [5, 5.41) is 9.93. The third-order valence-electron chi connectivity index (χ3n) is 2.69. The zero-order valence-corrected chi connectivity index (χ0v) is 9.85. The summed E-state index contributed by atoms with van der Waals surface area (Å²) < 4.78 is 0.850. The number of halogens is 2. The van der Waals surface area contributed by atoms with E-state index in [0.29, 0.717) is 17.9 Å². The molecule has 1 fully saturated rings. The predicted molar refractivity (Wildman–Crippen MR) is 60.3 cm³/mol.